The van der Waals surface area contributed by atoms with Crippen LogP contribution in [0.5, 0.6) is 0 Å². The van der Waals surface area contributed by atoms with Crippen LogP contribution in [-0.2, 0) is 9.53 Å². The lowest BCUT2D eigenvalue weighted by atomic mass is 9.84. The van der Waals surface area contributed by atoms with E-state index < -0.39 is 23.0 Å². The summed E-state index contributed by atoms with van der Waals surface area (Å²) in [4.78, 5) is 23.7. The maximum Gasteiger partial charge on any atom is 0.319 e. The molecule has 1 aromatic rings. The van der Waals surface area contributed by atoms with Crippen LogP contribution < -0.4 is 0 Å². The standard InChI is InChI=1S/C13H15FO3/c1-4-17-12(16)13(2,3)11(15)9-6-5-7-10(14)8-9/h5-8H,4H2,1-3H3. The SMILES string of the molecule is CCOC(=O)C(C)(C)C(=O)c1cccc(F)c1. The van der Waals surface area contributed by atoms with Crippen molar-refractivity contribution >= 4 is 11.8 Å². The van der Waals surface area contributed by atoms with Crippen molar-refractivity contribution in [2.75, 3.05) is 6.61 Å². The maximum absolute atomic E-state index is 13.0. The molecule has 0 unspecified atom stereocenters. The van der Waals surface area contributed by atoms with Gasteiger partial charge in [0.15, 0.2) is 5.78 Å². The predicted molar refractivity (Wildman–Crippen MR) is 61.1 cm³/mol. The molecule has 0 bridgehead atoms. The molecule has 1 aromatic carbocycles. The fourth-order valence-electron chi connectivity index (χ4n) is 1.39. The molecule has 3 nitrogen and oxygen atoms in total. The number of carbonyl (C=O) groups excluding carboxylic acids is 2. The largest absolute Gasteiger partial charge is 0.465 e. The van der Waals surface area contributed by atoms with Gasteiger partial charge in [-0.25, -0.2) is 4.39 Å². The topological polar surface area (TPSA) is 43.4 Å². The number of ether oxygens (including phenoxy) is 1. The monoisotopic (exact) mass is 238 g/mol. The first kappa shape index (κ1) is 13.4. The number of ketones is 1. The lowest BCUT2D eigenvalue weighted by Gasteiger charge is -2.20. The molecule has 0 aliphatic carbocycles. The highest BCUT2D eigenvalue weighted by molar-refractivity contribution is 6.11. The van der Waals surface area contributed by atoms with Crippen LogP contribution in [0, 0.1) is 11.2 Å². The summed E-state index contributed by atoms with van der Waals surface area (Å²) < 4.78 is 17.8. The zero-order valence-electron chi connectivity index (χ0n) is 10.1. The molecule has 0 saturated heterocycles. The highest BCUT2D eigenvalue weighted by atomic mass is 19.1. The second-order valence-electron chi connectivity index (χ2n) is 4.18. The number of esters is 1. The first-order valence-corrected chi connectivity index (χ1v) is 5.37. The zero-order valence-corrected chi connectivity index (χ0v) is 10.1. The van der Waals surface area contributed by atoms with Crippen LogP contribution >= 0.6 is 0 Å². The lowest BCUT2D eigenvalue weighted by molar-refractivity contribution is -0.150. The zero-order chi connectivity index (χ0) is 13.1. The van der Waals surface area contributed by atoms with Crippen molar-refractivity contribution in [1.29, 1.82) is 0 Å². The average molecular weight is 238 g/mol. The van der Waals surface area contributed by atoms with Gasteiger partial charge in [0.25, 0.3) is 0 Å². The molecule has 92 valence electrons. The van der Waals surface area contributed by atoms with E-state index in [1.165, 1.54) is 32.0 Å². The lowest BCUT2D eigenvalue weighted by Crippen LogP contribution is -2.35. The molecule has 0 heterocycles. The highest BCUT2D eigenvalue weighted by Crippen LogP contribution is 2.24. The van der Waals surface area contributed by atoms with E-state index in [0.717, 1.165) is 6.07 Å². The van der Waals surface area contributed by atoms with Crippen LogP contribution in [0.4, 0.5) is 4.39 Å². The van der Waals surface area contributed by atoms with Gasteiger partial charge < -0.3 is 4.74 Å². The third-order valence-corrected chi connectivity index (χ3v) is 2.44. The van der Waals surface area contributed by atoms with Gasteiger partial charge in [-0.05, 0) is 32.9 Å². The molecule has 0 saturated carbocycles. The van der Waals surface area contributed by atoms with E-state index >= 15 is 0 Å². The summed E-state index contributed by atoms with van der Waals surface area (Å²) in [7, 11) is 0. The molecule has 0 spiro atoms. The molecule has 17 heavy (non-hydrogen) atoms. The molecule has 0 atom stereocenters. The van der Waals surface area contributed by atoms with E-state index in [2.05, 4.69) is 0 Å². The van der Waals surface area contributed by atoms with Crippen molar-refractivity contribution in [3.8, 4) is 0 Å². The summed E-state index contributed by atoms with van der Waals surface area (Å²) in [5, 5.41) is 0. The van der Waals surface area contributed by atoms with Crippen molar-refractivity contribution in [3.05, 3.63) is 35.6 Å². The van der Waals surface area contributed by atoms with E-state index in [4.69, 9.17) is 4.74 Å². The quantitative estimate of drug-likeness (QED) is 0.460. The first-order chi connectivity index (χ1) is 7.89. The van der Waals surface area contributed by atoms with E-state index in [1.54, 1.807) is 6.92 Å². The third-order valence-electron chi connectivity index (χ3n) is 2.44. The molecule has 0 N–H and O–H groups in total. The van der Waals surface area contributed by atoms with Crippen molar-refractivity contribution in [3.63, 3.8) is 0 Å². The Hall–Kier alpha value is -1.71. The van der Waals surface area contributed by atoms with Crippen LogP contribution in [-0.4, -0.2) is 18.4 Å². The van der Waals surface area contributed by atoms with Gasteiger partial charge in [0.05, 0.1) is 6.61 Å². The van der Waals surface area contributed by atoms with Gasteiger partial charge in [-0.1, -0.05) is 12.1 Å². The summed E-state index contributed by atoms with van der Waals surface area (Å²) in [6.07, 6.45) is 0. The summed E-state index contributed by atoms with van der Waals surface area (Å²) in [6.45, 7) is 4.82. The Kier molecular flexibility index (Phi) is 3.99. The van der Waals surface area contributed by atoms with E-state index in [-0.39, 0.29) is 12.2 Å². The predicted octanol–water partition coefficient (Wildman–Crippen LogP) is 2.60. The fraction of sp³-hybridized carbons (Fsp3) is 0.385. The Morgan fingerprint density at radius 1 is 1.35 bits per heavy atom. The Labute approximate surface area is 99.6 Å². The summed E-state index contributed by atoms with van der Waals surface area (Å²) in [5.74, 6) is -1.56. The summed E-state index contributed by atoms with van der Waals surface area (Å²) in [5.41, 5.74) is -1.13. The Balaban J connectivity index is 3.00. The van der Waals surface area contributed by atoms with Gasteiger partial charge in [0.1, 0.15) is 11.2 Å². The highest BCUT2D eigenvalue weighted by Gasteiger charge is 2.38. The molecule has 4 heteroatoms. The minimum absolute atomic E-state index is 0.169. The number of carbonyl (C=O) groups is 2. The van der Waals surface area contributed by atoms with Gasteiger partial charge in [-0.2, -0.15) is 0 Å². The number of hydrogen-bond donors (Lipinski definition) is 0. The van der Waals surface area contributed by atoms with Crippen LogP contribution in [0.15, 0.2) is 24.3 Å². The molecular formula is C13H15FO3. The Morgan fingerprint density at radius 2 is 2.00 bits per heavy atom. The van der Waals surface area contributed by atoms with Gasteiger partial charge in [-0.15, -0.1) is 0 Å². The molecule has 0 aromatic heterocycles. The molecule has 1 rings (SSSR count). The summed E-state index contributed by atoms with van der Waals surface area (Å²) >= 11 is 0. The number of Topliss-reactive ketones (excluding diaryl/α,β-unsaturated/α-hetero) is 1. The molecule has 0 aliphatic rings. The number of hydrogen-bond acceptors (Lipinski definition) is 3. The molecular weight excluding hydrogens is 223 g/mol. The van der Waals surface area contributed by atoms with Crippen molar-refractivity contribution in [1.82, 2.24) is 0 Å². The fourth-order valence-corrected chi connectivity index (χ4v) is 1.39. The maximum atomic E-state index is 13.0. The molecule has 0 aliphatic heterocycles. The van der Waals surface area contributed by atoms with Crippen molar-refractivity contribution in [2.45, 2.75) is 20.8 Å². The van der Waals surface area contributed by atoms with Gasteiger partial charge in [-0.3, -0.25) is 9.59 Å². The van der Waals surface area contributed by atoms with Crippen molar-refractivity contribution in [2.24, 2.45) is 5.41 Å². The smallest absolute Gasteiger partial charge is 0.319 e. The van der Waals surface area contributed by atoms with Gasteiger partial charge >= 0.3 is 5.97 Å². The number of rotatable bonds is 4. The van der Waals surface area contributed by atoms with Gasteiger partial charge in [0.2, 0.25) is 0 Å². The van der Waals surface area contributed by atoms with Crippen LogP contribution in [0.2, 0.25) is 0 Å². The second-order valence-corrected chi connectivity index (χ2v) is 4.18. The summed E-state index contributed by atoms with van der Waals surface area (Å²) in [6, 6.07) is 5.27. The number of halogens is 1. The minimum Gasteiger partial charge on any atom is -0.465 e. The van der Waals surface area contributed by atoms with E-state index in [9.17, 15) is 14.0 Å². The third kappa shape index (κ3) is 2.90. The molecule has 0 fully saturated rings. The Morgan fingerprint density at radius 3 is 2.53 bits per heavy atom. The first-order valence-electron chi connectivity index (χ1n) is 5.37. The normalized spacial score (nSPS) is 11.1. The van der Waals surface area contributed by atoms with Crippen LogP contribution in [0.3, 0.4) is 0 Å². The van der Waals surface area contributed by atoms with Gasteiger partial charge in [0, 0.05) is 5.56 Å². The Bertz CT molecular complexity index is 438. The van der Waals surface area contributed by atoms with Crippen molar-refractivity contribution < 1.29 is 18.7 Å². The van der Waals surface area contributed by atoms with E-state index in [1.807, 2.05) is 0 Å². The second kappa shape index (κ2) is 5.08. The number of benzene rings is 1. The van der Waals surface area contributed by atoms with Crippen LogP contribution in [0.25, 0.3) is 0 Å². The van der Waals surface area contributed by atoms with Crippen LogP contribution in [0.1, 0.15) is 31.1 Å². The average Bonchev–Trinajstić information content (AvgIpc) is 2.28. The molecule has 0 radical (unpaired) electrons. The molecule has 0 amide bonds. The minimum atomic E-state index is -1.30. The van der Waals surface area contributed by atoms with E-state index in [0.29, 0.717) is 0 Å².